The molecule has 22 heavy (non-hydrogen) atoms. The molecular formula is C18H36N2O2. The van der Waals surface area contributed by atoms with Crippen LogP contribution >= 0.6 is 0 Å². The van der Waals surface area contributed by atoms with Crippen molar-refractivity contribution in [2.24, 2.45) is 11.3 Å². The SMILES string of the molecule is CC(O)CC(C)CNCC1(CN2CCOCC2)CCCCC1. The third-order valence-electron chi connectivity index (χ3n) is 5.31. The summed E-state index contributed by atoms with van der Waals surface area (Å²) in [6.07, 6.45) is 7.61. The third kappa shape index (κ3) is 6.15. The van der Waals surface area contributed by atoms with Crippen LogP contribution in [-0.4, -0.2) is 62.0 Å². The molecule has 130 valence electrons. The molecule has 0 aromatic carbocycles. The van der Waals surface area contributed by atoms with Crippen molar-refractivity contribution < 1.29 is 9.84 Å². The number of hydrogen-bond acceptors (Lipinski definition) is 4. The molecule has 2 aliphatic rings. The lowest BCUT2D eigenvalue weighted by Crippen LogP contribution is -2.49. The summed E-state index contributed by atoms with van der Waals surface area (Å²) in [5, 5.41) is 13.2. The van der Waals surface area contributed by atoms with Gasteiger partial charge < -0.3 is 15.2 Å². The Labute approximate surface area is 136 Å². The van der Waals surface area contributed by atoms with Crippen LogP contribution in [0.25, 0.3) is 0 Å². The molecular weight excluding hydrogens is 276 g/mol. The van der Waals surface area contributed by atoms with Crippen molar-refractivity contribution in [1.29, 1.82) is 0 Å². The smallest absolute Gasteiger partial charge is 0.0594 e. The molecule has 2 atom stereocenters. The van der Waals surface area contributed by atoms with Gasteiger partial charge in [0.15, 0.2) is 0 Å². The number of aliphatic hydroxyl groups excluding tert-OH is 1. The molecule has 0 aromatic rings. The van der Waals surface area contributed by atoms with Crippen LogP contribution in [0.15, 0.2) is 0 Å². The first-order valence-electron chi connectivity index (χ1n) is 9.28. The Balaban J connectivity index is 1.80. The number of morpholine rings is 1. The van der Waals surface area contributed by atoms with E-state index in [0.717, 1.165) is 45.8 Å². The predicted octanol–water partition coefficient (Wildman–Crippen LogP) is 2.27. The molecule has 1 aliphatic heterocycles. The average molecular weight is 312 g/mol. The van der Waals surface area contributed by atoms with E-state index in [4.69, 9.17) is 4.74 Å². The number of nitrogens with zero attached hydrogens (tertiary/aromatic N) is 1. The largest absolute Gasteiger partial charge is 0.393 e. The molecule has 1 heterocycles. The highest BCUT2D eigenvalue weighted by Gasteiger charge is 2.34. The van der Waals surface area contributed by atoms with E-state index >= 15 is 0 Å². The van der Waals surface area contributed by atoms with E-state index in [1.165, 1.54) is 38.6 Å². The van der Waals surface area contributed by atoms with E-state index in [1.54, 1.807) is 0 Å². The van der Waals surface area contributed by atoms with Crippen LogP contribution in [0.2, 0.25) is 0 Å². The molecule has 0 aromatic heterocycles. The topological polar surface area (TPSA) is 44.7 Å². The van der Waals surface area contributed by atoms with Crippen LogP contribution in [0.1, 0.15) is 52.4 Å². The molecule has 1 saturated heterocycles. The van der Waals surface area contributed by atoms with E-state index in [1.807, 2.05) is 6.92 Å². The van der Waals surface area contributed by atoms with Crippen molar-refractivity contribution in [3.63, 3.8) is 0 Å². The van der Waals surface area contributed by atoms with Gasteiger partial charge in [0, 0.05) is 26.2 Å². The van der Waals surface area contributed by atoms with Crippen LogP contribution in [0.5, 0.6) is 0 Å². The van der Waals surface area contributed by atoms with Gasteiger partial charge >= 0.3 is 0 Å². The molecule has 0 bridgehead atoms. The molecule has 2 rings (SSSR count). The van der Waals surface area contributed by atoms with E-state index in [2.05, 4.69) is 17.1 Å². The minimum absolute atomic E-state index is 0.186. The highest BCUT2D eigenvalue weighted by Crippen LogP contribution is 2.36. The van der Waals surface area contributed by atoms with Crippen molar-refractivity contribution in [2.75, 3.05) is 45.9 Å². The van der Waals surface area contributed by atoms with Gasteiger partial charge in [0.2, 0.25) is 0 Å². The Kier molecular flexibility index (Phi) is 7.61. The zero-order valence-electron chi connectivity index (χ0n) is 14.6. The molecule has 4 nitrogen and oxygen atoms in total. The van der Waals surface area contributed by atoms with Crippen LogP contribution in [0.4, 0.5) is 0 Å². The maximum Gasteiger partial charge on any atom is 0.0594 e. The Morgan fingerprint density at radius 2 is 1.82 bits per heavy atom. The average Bonchev–Trinajstić information content (AvgIpc) is 2.48. The molecule has 2 unspecified atom stereocenters. The summed E-state index contributed by atoms with van der Waals surface area (Å²) in [6.45, 7) is 11.5. The summed E-state index contributed by atoms with van der Waals surface area (Å²) in [6, 6.07) is 0. The summed E-state index contributed by atoms with van der Waals surface area (Å²) in [7, 11) is 0. The van der Waals surface area contributed by atoms with E-state index < -0.39 is 0 Å². The quantitative estimate of drug-likeness (QED) is 0.722. The number of rotatable bonds is 8. The fourth-order valence-electron chi connectivity index (χ4n) is 4.18. The standard InChI is InChI=1S/C18H36N2O2/c1-16(12-17(2)21)13-19-14-18(6-4-3-5-7-18)15-20-8-10-22-11-9-20/h16-17,19,21H,3-15H2,1-2H3. The minimum atomic E-state index is -0.186. The van der Waals surface area contributed by atoms with Crippen molar-refractivity contribution >= 4 is 0 Å². The second-order valence-corrected chi connectivity index (χ2v) is 7.77. The fourth-order valence-corrected chi connectivity index (χ4v) is 4.18. The third-order valence-corrected chi connectivity index (χ3v) is 5.31. The maximum absolute atomic E-state index is 9.49. The zero-order valence-corrected chi connectivity index (χ0v) is 14.6. The highest BCUT2D eigenvalue weighted by molar-refractivity contribution is 4.88. The molecule has 2 fully saturated rings. The second-order valence-electron chi connectivity index (χ2n) is 7.77. The Hall–Kier alpha value is -0.160. The number of ether oxygens (including phenoxy) is 1. The van der Waals surface area contributed by atoms with Gasteiger partial charge in [0.05, 0.1) is 19.3 Å². The number of aliphatic hydroxyl groups is 1. The maximum atomic E-state index is 9.49. The van der Waals surface area contributed by atoms with Gasteiger partial charge in [-0.15, -0.1) is 0 Å². The van der Waals surface area contributed by atoms with Crippen molar-refractivity contribution in [2.45, 2.75) is 58.5 Å². The van der Waals surface area contributed by atoms with Crippen LogP contribution in [0, 0.1) is 11.3 Å². The number of nitrogens with one attached hydrogen (secondary N) is 1. The molecule has 1 aliphatic carbocycles. The van der Waals surface area contributed by atoms with E-state index in [-0.39, 0.29) is 6.10 Å². The first kappa shape index (κ1) is 18.2. The van der Waals surface area contributed by atoms with Gasteiger partial charge in [-0.1, -0.05) is 26.2 Å². The lowest BCUT2D eigenvalue weighted by Gasteiger charge is -2.42. The monoisotopic (exact) mass is 312 g/mol. The van der Waals surface area contributed by atoms with Gasteiger partial charge in [-0.25, -0.2) is 0 Å². The Bertz CT molecular complexity index is 297. The van der Waals surface area contributed by atoms with Crippen LogP contribution in [0.3, 0.4) is 0 Å². The Morgan fingerprint density at radius 3 is 2.45 bits per heavy atom. The Morgan fingerprint density at radius 1 is 1.14 bits per heavy atom. The molecule has 0 radical (unpaired) electrons. The summed E-state index contributed by atoms with van der Waals surface area (Å²) < 4.78 is 5.49. The van der Waals surface area contributed by atoms with Crippen LogP contribution in [-0.2, 0) is 4.74 Å². The van der Waals surface area contributed by atoms with Gasteiger partial charge in [-0.3, -0.25) is 4.90 Å². The summed E-state index contributed by atoms with van der Waals surface area (Å²) in [5.74, 6) is 0.545. The molecule has 4 heteroatoms. The van der Waals surface area contributed by atoms with Crippen molar-refractivity contribution in [3.05, 3.63) is 0 Å². The van der Waals surface area contributed by atoms with Gasteiger partial charge in [0.1, 0.15) is 0 Å². The van der Waals surface area contributed by atoms with Gasteiger partial charge in [-0.2, -0.15) is 0 Å². The van der Waals surface area contributed by atoms with Gasteiger partial charge in [-0.05, 0) is 44.1 Å². The second kappa shape index (κ2) is 9.21. The lowest BCUT2D eigenvalue weighted by atomic mass is 9.73. The highest BCUT2D eigenvalue weighted by atomic mass is 16.5. The first-order valence-corrected chi connectivity index (χ1v) is 9.28. The molecule has 1 saturated carbocycles. The van der Waals surface area contributed by atoms with E-state index in [9.17, 15) is 5.11 Å². The zero-order chi connectivity index (χ0) is 15.8. The molecule has 2 N–H and O–H groups in total. The minimum Gasteiger partial charge on any atom is -0.393 e. The summed E-state index contributed by atoms with van der Waals surface area (Å²) in [4.78, 5) is 2.61. The number of hydrogen-bond donors (Lipinski definition) is 2. The molecule has 0 amide bonds. The summed E-state index contributed by atoms with van der Waals surface area (Å²) in [5.41, 5.74) is 0.458. The normalized spacial score (nSPS) is 25.8. The van der Waals surface area contributed by atoms with Crippen LogP contribution < -0.4 is 5.32 Å². The van der Waals surface area contributed by atoms with E-state index in [0.29, 0.717) is 11.3 Å². The summed E-state index contributed by atoms with van der Waals surface area (Å²) >= 11 is 0. The lowest BCUT2D eigenvalue weighted by molar-refractivity contribution is 0.00698. The van der Waals surface area contributed by atoms with Gasteiger partial charge in [0.25, 0.3) is 0 Å². The predicted molar refractivity (Wildman–Crippen MR) is 91.1 cm³/mol. The first-order chi connectivity index (χ1) is 10.6. The fraction of sp³-hybridized carbons (Fsp3) is 1.00. The molecule has 0 spiro atoms. The van der Waals surface area contributed by atoms with Crippen molar-refractivity contribution in [1.82, 2.24) is 10.2 Å². The van der Waals surface area contributed by atoms with Crippen molar-refractivity contribution in [3.8, 4) is 0 Å².